The van der Waals surface area contributed by atoms with Crippen molar-refractivity contribution in [3.05, 3.63) is 59.7 Å². The molecule has 2 aromatic rings. The fourth-order valence-corrected chi connectivity index (χ4v) is 6.27. The molecule has 2 N–H and O–H groups in total. The van der Waals surface area contributed by atoms with Gasteiger partial charge in [-0.2, -0.15) is 0 Å². The molecule has 7 heteroatoms. The van der Waals surface area contributed by atoms with E-state index < -0.39 is 23.6 Å². The molecule has 1 saturated carbocycles. The molecule has 0 radical (unpaired) electrons. The Morgan fingerprint density at radius 3 is 2.24 bits per heavy atom. The maximum absolute atomic E-state index is 13.3. The first kappa shape index (κ1) is 22.4. The van der Waals surface area contributed by atoms with Crippen molar-refractivity contribution in [2.45, 2.75) is 57.0 Å². The minimum Gasteiger partial charge on any atom is -0.479 e. The molecule has 7 nitrogen and oxygen atoms in total. The van der Waals surface area contributed by atoms with Gasteiger partial charge in [-0.15, -0.1) is 0 Å². The highest BCUT2D eigenvalue weighted by atomic mass is 16.5. The van der Waals surface area contributed by atoms with Gasteiger partial charge in [-0.3, -0.25) is 4.79 Å². The standard InChI is InChI=1S/C27H30N2O5/c1-3-8-22(23(30)29-16-26(2)14-27(29,15-26)24(31)32)28-25(33)34-13-21-19-11-6-4-9-17(19)18-10-5-7-12-20(18)21/h4-7,9-12,21-22H,3,8,13-16H2,1-2H3,(H,28,33)(H,31,32)/t22-,26?,27?/m0/s1. The minimum absolute atomic E-state index is 0.0699. The third-order valence-corrected chi connectivity index (χ3v) is 7.67. The smallest absolute Gasteiger partial charge is 0.407 e. The number of carbonyl (C=O) groups excluding carboxylic acids is 2. The number of aliphatic carboxylic acids is 1. The summed E-state index contributed by atoms with van der Waals surface area (Å²) in [5.41, 5.74) is 3.23. The van der Waals surface area contributed by atoms with E-state index in [0.717, 1.165) is 22.3 Å². The molecule has 2 heterocycles. The second-order valence-electron chi connectivity index (χ2n) is 10.2. The Morgan fingerprint density at radius 1 is 1.09 bits per heavy atom. The Hall–Kier alpha value is -3.35. The van der Waals surface area contributed by atoms with Crippen LogP contribution in [-0.4, -0.2) is 52.7 Å². The molecule has 6 rings (SSSR count). The molecule has 0 unspecified atom stereocenters. The number of nitrogens with one attached hydrogen (secondary N) is 1. The predicted molar refractivity (Wildman–Crippen MR) is 126 cm³/mol. The molecular formula is C27H30N2O5. The predicted octanol–water partition coefficient (Wildman–Crippen LogP) is 4.16. The number of carboxylic acids is 1. The highest BCUT2D eigenvalue weighted by Crippen LogP contribution is 2.59. The van der Waals surface area contributed by atoms with Crippen LogP contribution in [0.3, 0.4) is 0 Å². The van der Waals surface area contributed by atoms with E-state index in [-0.39, 0.29) is 23.8 Å². The summed E-state index contributed by atoms with van der Waals surface area (Å²) in [6, 6.07) is 15.4. The van der Waals surface area contributed by atoms with Crippen LogP contribution < -0.4 is 5.32 Å². The first-order valence-corrected chi connectivity index (χ1v) is 11.9. The lowest BCUT2D eigenvalue weighted by atomic mass is 9.63. The van der Waals surface area contributed by atoms with Crippen LogP contribution in [0.5, 0.6) is 0 Å². The third kappa shape index (κ3) is 3.45. The molecule has 34 heavy (non-hydrogen) atoms. The topological polar surface area (TPSA) is 95.9 Å². The number of carbonyl (C=O) groups is 3. The van der Waals surface area contributed by atoms with Gasteiger partial charge in [-0.25, -0.2) is 9.59 Å². The fourth-order valence-electron chi connectivity index (χ4n) is 6.27. The van der Waals surface area contributed by atoms with E-state index in [4.69, 9.17) is 4.74 Å². The van der Waals surface area contributed by atoms with E-state index in [2.05, 4.69) is 29.6 Å². The molecular weight excluding hydrogens is 432 g/mol. The molecule has 2 aliphatic heterocycles. The fraction of sp³-hybridized carbons (Fsp3) is 0.444. The van der Waals surface area contributed by atoms with Gasteiger partial charge in [0, 0.05) is 12.5 Å². The third-order valence-electron chi connectivity index (χ3n) is 7.67. The quantitative estimate of drug-likeness (QED) is 0.644. The molecule has 3 fully saturated rings. The zero-order valence-corrected chi connectivity index (χ0v) is 19.5. The first-order valence-electron chi connectivity index (χ1n) is 11.9. The average Bonchev–Trinajstić information content (AvgIpc) is 3.40. The number of rotatable bonds is 7. The minimum atomic E-state index is -1.14. The van der Waals surface area contributed by atoms with Gasteiger partial charge in [0.25, 0.3) is 0 Å². The van der Waals surface area contributed by atoms with Crippen LogP contribution >= 0.6 is 0 Å². The second kappa shape index (κ2) is 8.15. The maximum atomic E-state index is 13.3. The normalized spacial score (nSPS) is 25.2. The van der Waals surface area contributed by atoms with Gasteiger partial charge in [-0.05, 0) is 46.9 Å². The molecule has 2 aliphatic carbocycles. The highest BCUT2D eigenvalue weighted by Gasteiger charge is 2.69. The summed E-state index contributed by atoms with van der Waals surface area (Å²) in [5.74, 6) is -1.37. The van der Waals surface area contributed by atoms with Crippen molar-refractivity contribution in [1.29, 1.82) is 0 Å². The number of carboxylic acid groups (broad SMARTS) is 1. The van der Waals surface area contributed by atoms with E-state index in [1.165, 1.54) is 4.90 Å². The zero-order valence-electron chi connectivity index (χ0n) is 19.5. The van der Waals surface area contributed by atoms with Crippen LogP contribution in [0.2, 0.25) is 0 Å². The summed E-state index contributed by atoms with van der Waals surface area (Å²) in [6.45, 7) is 4.51. The lowest BCUT2D eigenvalue weighted by Crippen LogP contribution is -2.59. The Balaban J connectivity index is 1.27. The molecule has 4 aliphatic rings. The van der Waals surface area contributed by atoms with E-state index in [0.29, 0.717) is 32.2 Å². The monoisotopic (exact) mass is 462 g/mol. The lowest BCUT2D eigenvalue weighted by Gasteiger charge is -2.43. The van der Waals surface area contributed by atoms with Crippen LogP contribution in [0.15, 0.2) is 48.5 Å². The molecule has 1 atom stereocenters. The Kier molecular flexibility index (Phi) is 5.38. The summed E-state index contributed by atoms with van der Waals surface area (Å²) in [5, 5.41) is 12.5. The van der Waals surface area contributed by atoms with Gasteiger partial charge >= 0.3 is 12.1 Å². The summed E-state index contributed by atoms with van der Waals surface area (Å²) in [6.07, 6.45) is 1.36. The number of fused-ring (bicyclic) bond motifs is 4. The van der Waals surface area contributed by atoms with Crippen molar-refractivity contribution in [2.75, 3.05) is 13.2 Å². The lowest BCUT2D eigenvalue weighted by molar-refractivity contribution is -0.160. The Labute approximate surface area is 199 Å². The largest absolute Gasteiger partial charge is 0.479 e. The van der Waals surface area contributed by atoms with Crippen LogP contribution in [0.1, 0.15) is 56.6 Å². The van der Waals surface area contributed by atoms with Crippen molar-refractivity contribution < 1.29 is 24.2 Å². The number of hydrogen-bond acceptors (Lipinski definition) is 4. The van der Waals surface area contributed by atoms with Gasteiger partial charge in [0.05, 0.1) is 0 Å². The van der Waals surface area contributed by atoms with Gasteiger partial charge in [0.15, 0.2) is 0 Å². The van der Waals surface area contributed by atoms with Crippen molar-refractivity contribution >= 4 is 18.0 Å². The number of ether oxygens (including phenoxy) is 1. The van der Waals surface area contributed by atoms with E-state index in [1.54, 1.807) is 0 Å². The first-order chi connectivity index (χ1) is 16.3. The number of nitrogens with zero attached hydrogens (tertiary/aromatic N) is 1. The summed E-state index contributed by atoms with van der Waals surface area (Å²) in [4.78, 5) is 39.6. The van der Waals surface area contributed by atoms with E-state index >= 15 is 0 Å². The van der Waals surface area contributed by atoms with Crippen LogP contribution in [0, 0.1) is 5.41 Å². The second-order valence-corrected chi connectivity index (χ2v) is 10.2. The number of amides is 2. The Bertz CT molecular complexity index is 1110. The molecule has 2 bridgehead atoms. The molecule has 0 aromatic heterocycles. The summed E-state index contributed by atoms with van der Waals surface area (Å²) < 4.78 is 5.62. The maximum Gasteiger partial charge on any atom is 0.407 e. The molecule has 178 valence electrons. The van der Waals surface area contributed by atoms with Gasteiger partial charge in [0.1, 0.15) is 18.2 Å². The SMILES string of the molecule is CCC[C@H](NC(=O)OCC1c2ccccc2-c2ccccc21)C(=O)N1CC2(C)CC1(C(=O)O)C2. The van der Waals surface area contributed by atoms with E-state index in [1.807, 2.05) is 38.1 Å². The Morgan fingerprint density at radius 2 is 1.68 bits per heavy atom. The number of benzene rings is 2. The molecule has 2 amide bonds. The summed E-state index contributed by atoms with van der Waals surface area (Å²) >= 11 is 0. The van der Waals surface area contributed by atoms with Crippen molar-refractivity contribution in [2.24, 2.45) is 5.41 Å². The molecule has 2 aromatic carbocycles. The van der Waals surface area contributed by atoms with Crippen molar-refractivity contribution in [1.82, 2.24) is 10.2 Å². The molecule has 2 saturated heterocycles. The zero-order chi connectivity index (χ0) is 24.1. The van der Waals surface area contributed by atoms with Gasteiger partial charge < -0.3 is 20.1 Å². The number of alkyl carbamates (subject to hydrolysis) is 1. The van der Waals surface area contributed by atoms with Gasteiger partial charge in [-0.1, -0.05) is 68.8 Å². The number of hydrogen-bond donors (Lipinski definition) is 2. The van der Waals surface area contributed by atoms with Crippen LogP contribution in [0.25, 0.3) is 11.1 Å². The van der Waals surface area contributed by atoms with Crippen molar-refractivity contribution in [3.63, 3.8) is 0 Å². The van der Waals surface area contributed by atoms with Crippen molar-refractivity contribution in [3.8, 4) is 11.1 Å². The average molecular weight is 463 g/mol. The summed E-state index contributed by atoms with van der Waals surface area (Å²) in [7, 11) is 0. The van der Waals surface area contributed by atoms with E-state index in [9.17, 15) is 19.5 Å². The van der Waals surface area contributed by atoms with Gasteiger partial charge in [0.2, 0.25) is 5.91 Å². The van der Waals surface area contributed by atoms with Crippen LogP contribution in [-0.2, 0) is 14.3 Å². The highest BCUT2D eigenvalue weighted by molar-refractivity contribution is 5.93. The van der Waals surface area contributed by atoms with Crippen LogP contribution in [0.4, 0.5) is 4.79 Å². The molecule has 0 spiro atoms.